The number of imide groups is 1. The molecule has 1 saturated carbocycles. The smallest absolute Gasteiger partial charge is 0.254 e. The highest BCUT2D eigenvalue weighted by Gasteiger charge is 2.26. The van der Waals surface area contributed by atoms with Crippen LogP contribution in [-0.2, 0) is 9.59 Å². The SMILES string of the molecule is O=C1CC(=C2CCCCCCCCCCC2)C(=O)N1. The summed E-state index contributed by atoms with van der Waals surface area (Å²) in [5, 5.41) is 2.41. The van der Waals surface area contributed by atoms with Crippen LogP contribution in [0.5, 0.6) is 0 Å². The van der Waals surface area contributed by atoms with Gasteiger partial charge in [-0.3, -0.25) is 14.9 Å². The number of amides is 2. The molecular weight excluding hydrogens is 238 g/mol. The summed E-state index contributed by atoms with van der Waals surface area (Å²) in [6, 6.07) is 0. The third-order valence-electron chi connectivity index (χ3n) is 4.25. The van der Waals surface area contributed by atoms with Crippen molar-refractivity contribution in [1.82, 2.24) is 5.32 Å². The minimum atomic E-state index is -0.132. The Morgan fingerprint density at radius 2 is 1.16 bits per heavy atom. The molecule has 2 aliphatic rings. The molecule has 106 valence electrons. The van der Waals surface area contributed by atoms with E-state index >= 15 is 0 Å². The van der Waals surface area contributed by atoms with E-state index in [0.29, 0.717) is 6.42 Å². The molecule has 3 nitrogen and oxygen atoms in total. The van der Waals surface area contributed by atoms with Gasteiger partial charge in [0.15, 0.2) is 0 Å². The van der Waals surface area contributed by atoms with Crippen LogP contribution in [0.1, 0.15) is 77.0 Å². The molecule has 1 aliphatic heterocycles. The minimum Gasteiger partial charge on any atom is -0.292 e. The minimum absolute atomic E-state index is 0.126. The van der Waals surface area contributed by atoms with Crippen molar-refractivity contribution in [3.63, 3.8) is 0 Å². The van der Waals surface area contributed by atoms with Gasteiger partial charge >= 0.3 is 0 Å². The first-order valence-corrected chi connectivity index (χ1v) is 7.82. The van der Waals surface area contributed by atoms with Crippen LogP contribution in [-0.4, -0.2) is 11.8 Å². The summed E-state index contributed by atoms with van der Waals surface area (Å²) in [4.78, 5) is 23.1. The zero-order valence-corrected chi connectivity index (χ0v) is 11.8. The summed E-state index contributed by atoms with van der Waals surface area (Å²) in [5.41, 5.74) is 2.03. The van der Waals surface area contributed by atoms with Gasteiger partial charge < -0.3 is 0 Å². The van der Waals surface area contributed by atoms with Crippen LogP contribution >= 0.6 is 0 Å². The zero-order chi connectivity index (χ0) is 13.5. The van der Waals surface area contributed by atoms with Crippen molar-refractivity contribution >= 4 is 11.8 Å². The number of hydrogen-bond donors (Lipinski definition) is 1. The van der Waals surface area contributed by atoms with Gasteiger partial charge in [-0.25, -0.2) is 0 Å². The number of allylic oxidation sites excluding steroid dienone is 1. The first kappa shape index (κ1) is 14.3. The predicted octanol–water partition coefficient (Wildman–Crippen LogP) is 3.63. The molecule has 1 saturated heterocycles. The fourth-order valence-corrected chi connectivity index (χ4v) is 3.11. The highest BCUT2D eigenvalue weighted by Crippen LogP contribution is 2.26. The summed E-state index contributed by atoms with van der Waals surface area (Å²) in [6.07, 6.45) is 13.9. The van der Waals surface area contributed by atoms with Gasteiger partial charge in [0.1, 0.15) is 0 Å². The largest absolute Gasteiger partial charge is 0.292 e. The standard InChI is InChI=1S/C16H25NO2/c18-15-12-14(16(19)17-15)13-10-8-6-4-2-1-3-5-7-9-11-13/h1-12H2,(H,17,18,19). The molecular formula is C16H25NO2. The maximum absolute atomic E-state index is 11.8. The lowest BCUT2D eigenvalue weighted by Crippen LogP contribution is -2.19. The Morgan fingerprint density at radius 3 is 1.58 bits per heavy atom. The second kappa shape index (κ2) is 7.46. The van der Waals surface area contributed by atoms with Crippen LogP contribution < -0.4 is 5.32 Å². The van der Waals surface area contributed by atoms with E-state index in [-0.39, 0.29) is 11.8 Å². The molecule has 2 fully saturated rings. The molecule has 0 atom stereocenters. The van der Waals surface area contributed by atoms with Gasteiger partial charge in [-0.05, 0) is 25.7 Å². The van der Waals surface area contributed by atoms with Gasteiger partial charge in [0.2, 0.25) is 5.91 Å². The number of rotatable bonds is 0. The lowest BCUT2D eigenvalue weighted by atomic mass is 9.93. The Bertz CT molecular complexity index is 357. The Hall–Kier alpha value is -1.12. The van der Waals surface area contributed by atoms with E-state index in [1.807, 2.05) is 0 Å². The van der Waals surface area contributed by atoms with Crippen LogP contribution in [0.4, 0.5) is 0 Å². The van der Waals surface area contributed by atoms with Crippen molar-refractivity contribution in [2.45, 2.75) is 77.0 Å². The summed E-state index contributed by atoms with van der Waals surface area (Å²) in [6.45, 7) is 0. The Balaban J connectivity index is 2.00. The average molecular weight is 263 g/mol. The topological polar surface area (TPSA) is 46.2 Å². The summed E-state index contributed by atoms with van der Waals surface area (Å²) < 4.78 is 0. The number of nitrogens with one attached hydrogen (secondary N) is 1. The maximum Gasteiger partial charge on any atom is 0.254 e. The molecule has 19 heavy (non-hydrogen) atoms. The van der Waals surface area contributed by atoms with Crippen LogP contribution in [0.15, 0.2) is 11.1 Å². The molecule has 0 aromatic heterocycles. The third kappa shape index (κ3) is 4.48. The molecule has 1 aliphatic carbocycles. The maximum atomic E-state index is 11.8. The third-order valence-corrected chi connectivity index (χ3v) is 4.25. The van der Waals surface area contributed by atoms with E-state index in [1.165, 1.54) is 63.4 Å². The zero-order valence-electron chi connectivity index (χ0n) is 11.8. The quantitative estimate of drug-likeness (QED) is 0.536. The van der Waals surface area contributed by atoms with E-state index in [9.17, 15) is 9.59 Å². The van der Waals surface area contributed by atoms with Gasteiger partial charge in [-0.1, -0.05) is 50.5 Å². The molecule has 0 aromatic rings. The monoisotopic (exact) mass is 263 g/mol. The van der Waals surface area contributed by atoms with Crippen LogP contribution in [0.3, 0.4) is 0 Å². The van der Waals surface area contributed by atoms with Gasteiger partial charge in [0.25, 0.3) is 5.91 Å². The number of carbonyl (C=O) groups is 2. The molecule has 2 amide bonds. The molecule has 0 unspecified atom stereocenters. The van der Waals surface area contributed by atoms with E-state index in [4.69, 9.17) is 0 Å². The molecule has 2 rings (SSSR count). The Labute approximate surface area is 115 Å². The molecule has 0 bridgehead atoms. The van der Waals surface area contributed by atoms with Crippen LogP contribution in [0.25, 0.3) is 0 Å². The van der Waals surface area contributed by atoms with E-state index in [1.54, 1.807) is 0 Å². The van der Waals surface area contributed by atoms with Crippen molar-refractivity contribution in [3.8, 4) is 0 Å². The summed E-state index contributed by atoms with van der Waals surface area (Å²) in [5.74, 6) is -0.259. The first-order valence-electron chi connectivity index (χ1n) is 7.82. The van der Waals surface area contributed by atoms with Gasteiger partial charge in [0, 0.05) is 5.57 Å². The average Bonchev–Trinajstić information content (AvgIpc) is 2.69. The number of carbonyl (C=O) groups excluding carboxylic acids is 2. The fraction of sp³-hybridized carbons (Fsp3) is 0.750. The highest BCUT2D eigenvalue weighted by atomic mass is 16.2. The second-order valence-electron chi connectivity index (χ2n) is 5.82. The number of hydrogen-bond acceptors (Lipinski definition) is 2. The first-order chi connectivity index (χ1) is 9.27. The van der Waals surface area contributed by atoms with Gasteiger partial charge in [-0.2, -0.15) is 0 Å². The Kier molecular flexibility index (Phi) is 5.62. The predicted molar refractivity (Wildman–Crippen MR) is 75.6 cm³/mol. The van der Waals surface area contributed by atoms with Gasteiger partial charge in [0.05, 0.1) is 6.42 Å². The van der Waals surface area contributed by atoms with E-state index in [2.05, 4.69) is 5.32 Å². The van der Waals surface area contributed by atoms with Crippen molar-refractivity contribution in [1.29, 1.82) is 0 Å². The summed E-state index contributed by atoms with van der Waals surface area (Å²) in [7, 11) is 0. The Morgan fingerprint density at radius 1 is 0.684 bits per heavy atom. The van der Waals surface area contributed by atoms with Crippen molar-refractivity contribution in [2.75, 3.05) is 0 Å². The fourth-order valence-electron chi connectivity index (χ4n) is 3.11. The lowest BCUT2D eigenvalue weighted by molar-refractivity contribution is -0.124. The second-order valence-corrected chi connectivity index (χ2v) is 5.82. The highest BCUT2D eigenvalue weighted by molar-refractivity contribution is 6.13. The van der Waals surface area contributed by atoms with Crippen molar-refractivity contribution in [3.05, 3.63) is 11.1 Å². The molecule has 1 N–H and O–H groups in total. The van der Waals surface area contributed by atoms with Gasteiger partial charge in [-0.15, -0.1) is 0 Å². The summed E-state index contributed by atoms with van der Waals surface area (Å²) >= 11 is 0. The van der Waals surface area contributed by atoms with Crippen molar-refractivity contribution < 1.29 is 9.59 Å². The normalized spacial score (nSPS) is 23.8. The molecule has 0 spiro atoms. The molecule has 3 heteroatoms. The lowest BCUT2D eigenvalue weighted by Gasteiger charge is -2.12. The van der Waals surface area contributed by atoms with Crippen molar-refractivity contribution in [2.24, 2.45) is 0 Å². The van der Waals surface area contributed by atoms with E-state index < -0.39 is 0 Å². The van der Waals surface area contributed by atoms with Crippen LogP contribution in [0.2, 0.25) is 0 Å². The molecule has 1 heterocycles. The van der Waals surface area contributed by atoms with Crippen LogP contribution in [0, 0.1) is 0 Å². The molecule has 0 radical (unpaired) electrons. The van der Waals surface area contributed by atoms with E-state index in [0.717, 1.165) is 18.4 Å². The molecule has 0 aromatic carbocycles.